The number of amides is 2. The Morgan fingerprint density at radius 3 is 2.53 bits per heavy atom. The van der Waals surface area contributed by atoms with Crippen LogP contribution >= 0.6 is 15.9 Å². The molecule has 0 aromatic heterocycles. The van der Waals surface area contributed by atoms with Crippen LogP contribution in [0.15, 0.2) is 76.3 Å². The standard InChI is InChI=1S/C24H22BrN3O4/c1-16-7-9-17(10-8-16)24(30)28-26-14-18-13-19(25)11-12-21(18)32-15-23(29)27-20-5-3-4-6-22(20)31-2/h3-14H,15H2,1-2H3,(H,27,29)(H,28,30). The summed E-state index contributed by atoms with van der Waals surface area (Å²) in [5, 5.41) is 6.77. The first-order valence-electron chi connectivity index (χ1n) is 9.71. The zero-order valence-electron chi connectivity index (χ0n) is 17.6. The molecule has 8 heteroatoms. The molecule has 3 aromatic carbocycles. The summed E-state index contributed by atoms with van der Waals surface area (Å²) in [5.41, 5.74) is 5.21. The highest BCUT2D eigenvalue weighted by molar-refractivity contribution is 9.10. The van der Waals surface area contributed by atoms with Crippen LogP contribution in [-0.4, -0.2) is 31.7 Å². The molecule has 0 aliphatic heterocycles. The summed E-state index contributed by atoms with van der Waals surface area (Å²) < 4.78 is 11.7. The number of hydrogen-bond acceptors (Lipinski definition) is 5. The molecule has 3 rings (SSSR count). The van der Waals surface area contributed by atoms with Crippen LogP contribution in [0, 0.1) is 6.92 Å². The van der Waals surface area contributed by atoms with Crippen molar-refractivity contribution in [2.24, 2.45) is 5.10 Å². The Balaban J connectivity index is 1.63. The van der Waals surface area contributed by atoms with Gasteiger partial charge in [-0.15, -0.1) is 0 Å². The highest BCUT2D eigenvalue weighted by Gasteiger charge is 2.10. The lowest BCUT2D eigenvalue weighted by atomic mass is 10.1. The van der Waals surface area contributed by atoms with Crippen molar-refractivity contribution >= 4 is 39.6 Å². The van der Waals surface area contributed by atoms with Crippen LogP contribution in [0.5, 0.6) is 11.5 Å². The van der Waals surface area contributed by atoms with Gasteiger partial charge in [0.2, 0.25) is 0 Å². The van der Waals surface area contributed by atoms with Gasteiger partial charge < -0.3 is 14.8 Å². The molecule has 0 unspecified atom stereocenters. The molecule has 0 aliphatic rings. The second-order valence-corrected chi connectivity index (χ2v) is 7.70. The lowest BCUT2D eigenvalue weighted by molar-refractivity contribution is -0.118. The van der Waals surface area contributed by atoms with Crippen molar-refractivity contribution in [1.82, 2.24) is 5.43 Å². The van der Waals surface area contributed by atoms with E-state index in [1.54, 1.807) is 48.5 Å². The molecular formula is C24H22BrN3O4. The monoisotopic (exact) mass is 495 g/mol. The van der Waals surface area contributed by atoms with Crippen LogP contribution < -0.4 is 20.2 Å². The lowest BCUT2D eigenvalue weighted by Gasteiger charge is -2.12. The van der Waals surface area contributed by atoms with Crippen molar-refractivity contribution in [3.8, 4) is 11.5 Å². The lowest BCUT2D eigenvalue weighted by Crippen LogP contribution is -2.21. The van der Waals surface area contributed by atoms with Gasteiger partial charge in [0.1, 0.15) is 11.5 Å². The van der Waals surface area contributed by atoms with E-state index in [2.05, 4.69) is 31.8 Å². The van der Waals surface area contributed by atoms with Crippen molar-refractivity contribution < 1.29 is 19.1 Å². The Kier molecular flexibility index (Phi) is 7.99. The number of hydrogen-bond donors (Lipinski definition) is 2. The van der Waals surface area contributed by atoms with E-state index < -0.39 is 0 Å². The Bertz CT molecular complexity index is 1130. The van der Waals surface area contributed by atoms with E-state index in [9.17, 15) is 9.59 Å². The number of carbonyl (C=O) groups is 2. The average Bonchev–Trinajstić information content (AvgIpc) is 2.79. The highest BCUT2D eigenvalue weighted by Crippen LogP contribution is 2.24. The van der Waals surface area contributed by atoms with Crippen LogP contribution in [0.1, 0.15) is 21.5 Å². The first-order valence-corrected chi connectivity index (χ1v) is 10.5. The van der Waals surface area contributed by atoms with E-state index in [4.69, 9.17) is 9.47 Å². The maximum Gasteiger partial charge on any atom is 0.271 e. The first-order chi connectivity index (χ1) is 15.5. The number of halogens is 1. The zero-order valence-corrected chi connectivity index (χ0v) is 19.2. The molecule has 7 nitrogen and oxygen atoms in total. The predicted molar refractivity (Wildman–Crippen MR) is 127 cm³/mol. The van der Waals surface area contributed by atoms with Crippen molar-refractivity contribution in [1.29, 1.82) is 0 Å². The third kappa shape index (κ3) is 6.42. The van der Waals surface area contributed by atoms with Crippen molar-refractivity contribution in [3.63, 3.8) is 0 Å². The van der Waals surface area contributed by atoms with Gasteiger partial charge in [0.25, 0.3) is 11.8 Å². The Morgan fingerprint density at radius 1 is 1.03 bits per heavy atom. The smallest absolute Gasteiger partial charge is 0.271 e. The molecule has 2 amide bonds. The van der Waals surface area contributed by atoms with Gasteiger partial charge in [-0.1, -0.05) is 45.8 Å². The summed E-state index contributed by atoms with van der Waals surface area (Å²) in [4.78, 5) is 24.5. The molecule has 0 saturated heterocycles. The molecule has 0 spiro atoms. The Morgan fingerprint density at radius 2 is 1.78 bits per heavy atom. The molecule has 2 N–H and O–H groups in total. The highest BCUT2D eigenvalue weighted by atomic mass is 79.9. The molecule has 0 atom stereocenters. The Labute approximate surface area is 194 Å². The number of ether oxygens (including phenoxy) is 2. The maximum atomic E-state index is 12.3. The number of benzene rings is 3. The molecular weight excluding hydrogens is 474 g/mol. The van der Waals surface area contributed by atoms with Crippen molar-refractivity contribution in [2.75, 3.05) is 19.0 Å². The number of nitrogens with zero attached hydrogens (tertiary/aromatic N) is 1. The molecule has 0 aliphatic carbocycles. The van der Waals surface area contributed by atoms with Gasteiger partial charge in [-0.3, -0.25) is 9.59 Å². The van der Waals surface area contributed by atoms with Crippen molar-refractivity contribution in [2.45, 2.75) is 6.92 Å². The largest absolute Gasteiger partial charge is 0.495 e. The van der Waals surface area contributed by atoms with Crippen LogP contribution in [0.25, 0.3) is 0 Å². The molecule has 164 valence electrons. The second kappa shape index (κ2) is 11.1. The van der Waals surface area contributed by atoms with Crippen LogP contribution in [0.4, 0.5) is 5.69 Å². The number of rotatable bonds is 8. The molecule has 3 aromatic rings. The molecule has 0 fully saturated rings. The normalized spacial score (nSPS) is 10.6. The van der Waals surface area contributed by atoms with Crippen LogP contribution in [-0.2, 0) is 4.79 Å². The van der Waals surface area contributed by atoms with E-state index in [1.807, 2.05) is 25.1 Å². The fourth-order valence-electron chi connectivity index (χ4n) is 2.76. The van der Waals surface area contributed by atoms with E-state index in [0.29, 0.717) is 28.3 Å². The second-order valence-electron chi connectivity index (χ2n) is 6.78. The number of nitrogens with one attached hydrogen (secondary N) is 2. The minimum absolute atomic E-state index is 0.212. The van der Waals surface area contributed by atoms with Gasteiger partial charge >= 0.3 is 0 Å². The van der Waals surface area contributed by atoms with Gasteiger partial charge in [-0.2, -0.15) is 5.10 Å². The SMILES string of the molecule is COc1ccccc1NC(=O)COc1ccc(Br)cc1C=NNC(=O)c1ccc(C)cc1. The topological polar surface area (TPSA) is 89.0 Å². The average molecular weight is 496 g/mol. The number of hydrazone groups is 1. The van der Waals surface area contributed by atoms with Gasteiger partial charge in [0.15, 0.2) is 6.61 Å². The molecule has 0 radical (unpaired) electrons. The molecule has 0 bridgehead atoms. The molecule has 32 heavy (non-hydrogen) atoms. The summed E-state index contributed by atoms with van der Waals surface area (Å²) in [5.74, 6) is 0.334. The summed E-state index contributed by atoms with van der Waals surface area (Å²) in [6.45, 7) is 1.74. The summed E-state index contributed by atoms with van der Waals surface area (Å²) in [6.07, 6.45) is 1.46. The van der Waals surface area contributed by atoms with Crippen LogP contribution in [0.2, 0.25) is 0 Å². The van der Waals surface area contributed by atoms with Gasteiger partial charge in [-0.25, -0.2) is 5.43 Å². The quantitative estimate of drug-likeness (QED) is 0.354. The first kappa shape index (κ1) is 23.0. The molecule has 0 saturated carbocycles. The number of carbonyl (C=O) groups excluding carboxylic acids is 2. The summed E-state index contributed by atoms with van der Waals surface area (Å²) >= 11 is 3.40. The fourth-order valence-corrected chi connectivity index (χ4v) is 3.14. The zero-order chi connectivity index (χ0) is 22.9. The van der Waals surface area contributed by atoms with E-state index in [1.165, 1.54) is 13.3 Å². The van der Waals surface area contributed by atoms with E-state index >= 15 is 0 Å². The van der Waals surface area contributed by atoms with E-state index in [0.717, 1.165) is 10.0 Å². The van der Waals surface area contributed by atoms with E-state index in [-0.39, 0.29) is 18.4 Å². The summed E-state index contributed by atoms with van der Waals surface area (Å²) in [6, 6.07) is 19.6. The fraction of sp³-hybridized carbons (Fsp3) is 0.125. The number of para-hydroxylation sites is 2. The minimum atomic E-state index is -0.340. The minimum Gasteiger partial charge on any atom is -0.495 e. The molecule has 0 heterocycles. The number of anilines is 1. The third-order valence-corrected chi connectivity index (χ3v) is 4.89. The predicted octanol–water partition coefficient (Wildman–Crippen LogP) is 4.55. The summed E-state index contributed by atoms with van der Waals surface area (Å²) in [7, 11) is 1.53. The Hall–Kier alpha value is -3.65. The van der Waals surface area contributed by atoms with Gasteiger partial charge in [0, 0.05) is 15.6 Å². The van der Waals surface area contributed by atoms with Crippen LogP contribution in [0.3, 0.4) is 0 Å². The maximum absolute atomic E-state index is 12.3. The van der Waals surface area contributed by atoms with Gasteiger partial charge in [-0.05, 0) is 49.4 Å². The van der Waals surface area contributed by atoms with Crippen molar-refractivity contribution in [3.05, 3.63) is 87.9 Å². The number of methoxy groups -OCH3 is 1. The van der Waals surface area contributed by atoms with Gasteiger partial charge in [0.05, 0.1) is 19.0 Å². The number of aryl methyl sites for hydroxylation is 1. The third-order valence-electron chi connectivity index (χ3n) is 4.40.